The van der Waals surface area contributed by atoms with E-state index in [9.17, 15) is 8.76 Å². The Balaban J connectivity index is 2.21. The van der Waals surface area contributed by atoms with Crippen LogP contribution in [0, 0.1) is 0 Å². The van der Waals surface area contributed by atoms with Gasteiger partial charge in [0.25, 0.3) is 0 Å². The fourth-order valence-electron chi connectivity index (χ4n) is 2.89. The number of rotatable bonds is 1. The molecule has 4 rings (SSSR count). The summed E-state index contributed by atoms with van der Waals surface area (Å²) in [4.78, 5) is 0.455. The van der Waals surface area contributed by atoms with E-state index in [0.29, 0.717) is 4.90 Å². The van der Waals surface area contributed by atoms with Crippen LogP contribution in [0.2, 0.25) is 0 Å². The second-order valence-corrected chi connectivity index (χ2v) is 5.64. The summed E-state index contributed by atoms with van der Waals surface area (Å²) in [5.74, 6) is 0. The van der Waals surface area contributed by atoms with Crippen LogP contribution in [0.1, 0.15) is 0 Å². The minimum Gasteiger partial charge on any atom is -0.302 e. The average molecular weight is 266 g/mol. The Labute approximate surface area is 113 Å². The van der Waals surface area contributed by atoms with Crippen molar-refractivity contribution in [1.29, 1.82) is 0 Å². The van der Waals surface area contributed by atoms with Gasteiger partial charge in [-0.1, -0.05) is 42.5 Å². The van der Waals surface area contributed by atoms with Crippen LogP contribution in [0.25, 0.3) is 33.0 Å². The van der Waals surface area contributed by atoms with Gasteiger partial charge in [-0.05, 0) is 45.2 Å². The Morgan fingerprint density at radius 1 is 0.789 bits per heavy atom. The molecule has 0 amide bonds. The molecule has 0 spiro atoms. The van der Waals surface area contributed by atoms with Crippen molar-refractivity contribution < 1.29 is 8.76 Å². The third-order valence-electron chi connectivity index (χ3n) is 3.66. The molecule has 1 N–H and O–H groups in total. The van der Waals surface area contributed by atoms with Gasteiger partial charge in [-0.2, -0.15) is 0 Å². The molecular weight excluding hydrogens is 256 g/mol. The zero-order chi connectivity index (χ0) is 13.0. The molecule has 1 aliphatic carbocycles. The van der Waals surface area contributed by atoms with E-state index in [1.54, 1.807) is 6.07 Å². The zero-order valence-corrected chi connectivity index (χ0v) is 10.8. The fraction of sp³-hybridized carbons (Fsp3) is 0. The smallest absolute Gasteiger partial charge is 0.186 e. The first kappa shape index (κ1) is 10.9. The van der Waals surface area contributed by atoms with Gasteiger partial charge in [0.1, 0.15) is 0 Å². The van der Waals surface area contributed by atoms with Crippen molar-refractivity contribution in [2.75, 3.05) is 0 Å². The lowest BCUT2D eigenvalue weighted by Crippen LogP contribution is -1.89. The lowest BCUT2D eigenvalue weighted by molar-refractivity contribution is 0.564. The van der Waals surface area contributed by atoms with Crippen LogP contribution in [0.4, 0.5) is 0 Å². The molecule has 3 aromatic rings. The Kier molecular flexibility index (Phi) is 2.16. The van der Waals surface area contributed by atoms with Gasteiger partial charge in [-0.25, -0.2) is 4.21 Å². The molecular formula is C16H10O2S. The van der Waals surface area contributed by atoms with Gasteiger partial charge in [0.05, 0.1) is 4.90 Å². The van der Waals surface area contributed by atoms with Crippen molar-refractivity contribution in [2.24, 2.45) is 0 Å². The van der Waals surface area contributed by atoms with Crippen LogP contribution in [0.5, 0.6) is 0 Å². The van der Waals surface area contributed by atoms with Crippen LogP contribution in [0.3, 0.4) is 0 Å². The number of hydrogen-bond acceptors (Lipinski definition) is 1. The average Bonchev–Trinajstić information content (AvgIpc) is 2.76. The molecule has 0 fully saturated rings. The summed E-state index contributed by atoms with van der Waals surface area (Å²) >= 11 is -1.95. The summed E-state index contributed by atoms with van der Waals surface area (Å²) in [6.07, 6.45) is 0. The molecule has 0 saturated carbocycles. The summed E-state index contributed by atoms with van der Waals surface area (Å²) in [6, 6.07) is 17.9. The van der Waals surface area contributed by atoms with Crippen LogP contribution >= 0.6 is 0 Å². The van der Waals surface area contributed by atoms with Crippen LogP contribution < -0.4 is 0 Å². The van der Waals surface area contributed by atoms with E-state index in [0.717, 1.165) is 16.5 Å². The fourth-order valence-corrected chi connectivity index (χ4v) is 3.34. The van der Waals surface area contributed by atoms with E-state index in [1.807, 2.05) is 30.3 Å². The normalized spacial score (nSPS) is 13.5. The highest BCUT2D eigenvalue weighted by molar-refractivity contribution is 7.79. The van der Waals surface area contributed by atoms with Crippen molar-refractivity contribution in [3.63, 3.8) is 0 Å². The highest BCUT2D eigenvalue weighted by Crippen LogP contribution is 2.47. The van der Waals surface area contributed by atoms with Crippen molar-refractivity contribution in [2.45, 2.75) is 4.90 Å². The molecule has 2 nitrogen and oxygen atoms in total. The SMILES string of the molecule is O=S(O)c1cc2c3c(cccc3c1)-c1ccccc1-2. The second kappa shape index (κ2) is 3.76. The molecule has 0 radical (unpaired) electrons. The molecule has 19 heavy (non-hydrogen) atoms. The minimum atomic E-state index is -1.95. The predicted octanol–water partition coefficient (Wildman–Crippen LogP) is 4.07. The highest BCUT2D eigenvalue weighted by Gasteiger charge is 2.21. The molecule has 0 bridgehead atoms. The van der Waals surface area contributed by atoms with Crippen LogP contribution in [0.15, 0.2) is 59.5 Å². The number of benzene rings is 3. The Morgan fingerprint density at radius 3 is 2.21 bits per heavy atom. The summed E-state index contributed by atoms with van der Waals surface area (Å²) in [7, 11) is 0. The van der Waals surface area contributed by atoms with E-state index in [2.05, 4.69) is 18.2 Å². The van der Waals surface area contributed by atoms with Crippen LogP contribution in [-0.4, -0.2) is 8.76 Å². The highest BCUT2D eigenvalue weighted by atomic mass is 32.2. The van der Waals surface area contributed by atoms with E-state index in [-0.39, 0.29) is 0 Å². The first-order valence-corrected chi connectivity index (χ1v) is 7.14. The minimum absolute atomic E-state index is 0.455. The Morgan fingerprint density at radius 2 is 1.47 bits per heavy atom. The van der Waals surface area contributed by atoms with Crippen molar-refractivity contribution >= 4 is 21.9 Å². The summed E-state index contributed by atoms with van der Waals surface area (Å²) in [5.41, 5.74) is 4.60. The van der Waals surface area contributed by atoms with Crippen LogP contribution in [-0.2, 0) is 11.1 Å². The van der Waals surface area contributed by atoms with E-state index in [1.165, 1.54) is 16.5 Å². The summed E-state index contributed by atoms with van der Waals surface area (Å²) in [6.45, 7) is 0. The van der Waals surface area contributed by atoms with Gasteiger partial charge >= 0.3 is 0 Å². The van der Waals surface area contributed by atoms with Gasteiger partial charge in [0, 0.05) is 0 Å². The second-order valence-electron chi connectivity index (χ2n) is 4.67. The number of hydrogen-bond donors (Lipinski definition) is 1. The maximum atomic E-state index is 11.4. The third-order valence-corrected chi connectivity index (χ3v) is 4.30. The Bertz CT molecular complexity index is 852. The summed E-state index contributed by atoms with van der Waals surface area (Å²) < 4.78 is 20.7. The largest absolute Gasteiger partial charge is 0.302 e. The molecule has 92 valence electrons. The molecule has 1 aliphatic rings. The molecule has 0 aliphatic heterocycles. The van der Waals surface area contributed by atoms with E-state index < -0.39 is 11.1 Å². The Hall–Kier alpha value is -1.97. The van der Waals surface area contributed by atoms with Gasteiger partial charge < -0.3 is 4.55 Å². The molecule has 0 heterocycles. The summed E-state index contributed by atoms with van der Waals surface area (Å²) in [5, 5.41) is 2.20. The van der Waals surface area contributed by atoms with Gasteiger partial charge in [-0.15, -0.1) is 0 Å². The molecule has 0 aromatic heterocycles. The quantitative estimate of drug-likeness (QED) is 0.527. The van der Waals surface area contributed by atoms with Gasteiger partial charge in [0.15, 0.2) is 11.1 Å². The van der Waals surface area contributed by atoms with Crippen molar-refractivity contribution in [3.05, 3.63) is 54.6 Å². The molecule has 3 heteroatoms. The zero-order valence-electron chi connectivity index (χ0n) is 9.96. The number of fused-ring (bicyclic) bond motifs is 3. The monoisotopic (exact) mass is 266 g/mol. The first-order chi connectivity index (χ1) is 9.25. The van der Waals surface area contributed by atoms with E-state index in [4.69, 9.17) is 0 Å². The van der Waals surface area contributed by atoms with Crippen molar-refractivity contribution in [1.82, 2.24) is 0 Å². The molecule has 3 aromatic carbocycles. The third kappa shape index (κ3) is 1.43. The van der Waals surface area contributed by atoms with Gasteiger partial charge in [-0.3, -0.25) is 0 Å². The molecule has 1 unspecified atom stereocenters. The standard InChI is InChI=1S/C16H10O2S/c17-19(18)11-8-10-4-3-7-14-12-5-1-2-6-13(12)15(9-11)16(10)14/h1-9H,(H,17,18). The topological polar surface area (TPSA) is 37.3 Å². The van der Waals surface area contributed by atoms with Crippen molar-refractivity contribution in [3.8, 4) is 22.3 Å². The lowest BCUT2D eigenvalue weighted by atomic mass is 10.0. The van der Waals surface area contributed by atoms with Gasteiger partial charge in [0.2, 0.25) is 0 Å². The maximum Gasteiger partial charge on any atom is 0.186 e. The first-order valence-electron chi connectivity index (χ1n) is 6.03. The van der Waals surface area contributed by atoms with E-state index >= 15 is 0 Å². The molecule has 0 saturated heterocycles. The molecule has 1 atom stereocenters. The predicted molar refractivity (Wildman–Crippen MR) is 77.4 cm³/mol. The lowest BCUT2D eigenvalue weighted by Gasteiger charge is -2.04. The maximum absolute atomic E-state index is 11.4.